The van der Waals surface area contributed by atoms with Gasteiger partial charge in [-0.1, -0.05) is 18.2 Å². The third-order valence-electron chi connectivity index (χ3n) is 4.09. The molecule has 0 fully saturated rings. The third kappa shape index (κ3) is 7.76. The Morgan fingerprint density at radius 1 is 1.14 bits per heavy atom. The van der Waals surface area contributed by atoms with Gasteiger partial charge >= 0.3 is 0 Å². The van der Waals surface area contributed by atoms with Crippen molar-refractivity contribution in [3.8, 4) is 5.69 Å². The number of aryl methyl sites for hydroxylation is 2. The van der Waals surface area contributed by atoms with E-state index < -0.39 is 0 Å². The van der Waals surface area contributed by atoms with E-state index in [9.17, 15) is 0 Å². The predicted octanol–water partition coefficient (Wildman–Crippen LogP) is 2.83. The van der Waals surface area contributed by atoms with Gasteiger partial charge in [-0.05, 0) is 38.0 Å². The van der Waals surface area contributed by atoms with Gasteiger partial charge in [0, 0.05) is 39.5 Å². The van der Waals surface area contributed by atoms with E-state index in [1.54, 1.807) is 14.2 Å². The fraction of sp³-hybridized carbons (Fsp3) is 0.500. The minimum Gasteiger partial charge on any atom is -0.382 e. The number of ether oxygens (including phenoxy) is 2. The summed E-state index contributed by atoms with van der Waals surface area (Å²) < 4.78 is 12.4. The molecule has 2 rings (SSSR count). The maximum absolute atomic E-state index is 5.46. The van der Waals surface area contributed by atoms with Gasteiger partial charge in [-0.25, -0.2) is 4.68 Å². The zero-order valence-electron chi connectivity index (χ0n) is 17.2. The van der Waals surface area contributed by atoms with E-state index >= 15 is 0 Å². The number of aromatic nitrogens is 2. The smallest absolute Gasteiger partial charge is 0.191 e. The number of nitrogens with zero attached hydrogens (tertiary/aromatic N) is 3. The molecule has 0 atom stereocenters. The van der Waals surface area contributed by atoms with Crippen LogP contribution in [0.4, 0.5) is 0 Å². The van der Waals surface area contributed by atoms with Crippen LogP contribution in [0.25, 0.3) is 5.69 Å². The van der Waals surface area contributed by atoms with Gasteiger partial charge < -0.3 is 20.1 Å². The summed E-state index contributed by atoms with van der Waals surface area (Å²) in [7, 11) is 3.45. The Balaban J connectivity index is 0.00000392. The Bertz CT molecular complexity index is 733. The summed E-state index contributed by atoms with van der Waals surface area (Å²) in [5.74, 6) is 0.773. The molecule has 8 heteroatoms. The van der Waals surface area contributed by atoms with E-state index in [2.05, 4.69) is 45.8 Å². The summed E-state index contributed by atoms with van der Waals surface area (Å²) in [5.41, 5.74) is 4.38. The number of halogens is 1. The van der Waals surface area contributed by atoms with Gasteiger partial charge in [-0.2, -0.15) is 5.10 Å². The molecule has 156 valence electrons. The third-order valence-corrected chi connectivity index (χ3v) is 4.09. The summed E-state index contributed by atoms with van der Waals surface area (Å²) >= 11 is 0. The molecule has 0 amide bonds. The molecule has 0 aliphatic rings. The summed E-state index contributed by atoms with van der Waals surface area (Å²) in [6.07, 6.45) is 0.909. The number of rotatable bonds is 10. The minimum atomic E-state index is 0. The Labute approximate surface area is 184 Å². The van der Waals surface area contributed by atoms with Crippen LogP contribution in [-0.4, -0.2) is 56.3 Å². The van der Waals surface area contributed by atoms with Gasteiger partial charge in [0.2, 0.25) is 0 Å². The number of guanidine groups is 1. The quantitative estimate of drug-likeness (QED) is 0.227. The highest BCUT2D eigenvalue weighted by Crippen LogP contribution is 2.16. The van der Waals surface area contributed by atoms with Crippen molar-refractivity contribution in [1.82, 2.24) is 20.4 Å². The van der Waals surface area contributed by atoms with Gasteiger partial charge in [-0.15, -0.1) is 24.0 Å². The molecule has 0 bridgehead atoms. The molecule has 1 heterocycles. The van der Waals surface area contributed by atoms with Gasteiger partial charge in [0.05, 0.1) is 24.6 Å². The van der Waals surface area contributed by atoms with Crippen LogP contribution < -0.4 is 10.6 Å². The first-order valence-corrected chi connectivity index (χ1v) is 9.28. The van der Waals surface area contributed by atoms with E-state index in [1.807, 2.05) is 23.7 Å². The average Bonchev–Trinajstić information content (AvgIpc) is 3.01. The molecule has 7 nitrogen and oxygen atoms in total. The number of benzene rings is 1. The number of hydrogen-bond donors (Lipinski definition) is 2. The Morgan fingerprint density at radius 3 is 2.61 bits per heavy atom. The highest BCUT2D eigenvalue weighted by molar-refractivity contribution is 14.0. The fourth-order valence-corrected chi connectivity index (χ4v) is 2.76. The summed E-state index contributed by atoms with van der Waals surface area (Å²) in [5, 5.41) is 11.3. The summed E-state index contributed by atoms with van der Waals surface area (Å²) in [4.78, 5) is 4.29. The molecular weight excluding hydrogens is 469 g/mol. The lowest BCUT2D eigenvalue weighted by Crippen LogP contribution is -2.37. The molecular formula is C20H32IN5O2. The van der Waals surface area contributed by atoms with Crippen molar-refractivity contribution < 1.29 is 9.47 Å². The van der Waals surface area contributed by atoms with Crippen LogP contribution in [0.1, 0.15) is 23.4 Å². The lowest BCUT2D eigenvalue weighted by atomic mass is 10.1. The van der Waals surface area contributed by atoms with E-state index in [4.69, 9.17) is 9.47 Å². The topological polar surface area (TPSA) is 72.7 Å². The van der Waals surface area contributed by atoms with Crippen LogP contribution in [0, 0.1) is 13.8 Å². The average molecular weight is 501 g/mol. The largest absolute Gasteiger partial charge is 0.382 e. The Kier molecular flexibility index (Phi) is 11.8. The molecule has 1 aromatic carbocycles. The molecule has 0 saturated carbocycles. The van der Waals surface area contributed by atoms with Gasteiger partial charge in [0.25, 0.3) is 0 Å². The number of hydrogen-bond acceptors (Lipinski definition) is 4. The van der Waals surface area contributed by atoms with Crippen LogP contribution in [0.2, 0.25) is 0 Å². The number of para-hydroxylation sites is 1. The minimum absolute atomic E-state index is 0. The Morgan fingerprint density at radius 2 is 1.93 bits per heavy atom. The van der Waals surface area contributed by atoms with E-state index in [0.29, 0.717) is 26.4 Å². The number of nitrogens with one attached hydrogen (secondary N) is 2. The molecule has 1 aromatic heterocycles. The van der Waals surface area contributed by atoms with Crippen molar-refractivity contribution in [2.24, 2.45) is 4.99 Å². The fourth-order valence-electron chi connectivity index (χ4n) is 2.76. The number of methoxy groups -OCH3 is 1. The SMILES string of the molecule is CN=C(NCCCOCCOC)NCc1ccccc1-n1nc(C)cc1C.I. The van der Waals surface area contributed by atoms with E-state index in [-0.39, 0.29) is 24.0 Å². The lowest BCUT2D eigenvalue weighted by Gasteiger charge is -2.15. The van der Waals surface area contributed by atoms with Crippen LogP contribution >= 0.6 is 24.0 Å². The van der Waals surface area contributed by atoms with Gasteiger partial charge in [-0.3, -0.25) is 4.99 Å². The predicted molar refractivity (Wildman–Crippen MR) is 124 cm³/mol. The van der Waals surface area contributed by atoms with Crippen LogP contribution in [0.15, 0.2) is 35.3 Å². The molecule has 0 radical (unpaired) electrons. The molecule has 0 saturated heterocycles. The molecule has 0 unspecified atom stereocenters. The van der Waals surface area contributed by atoms with Crippen LogP contribution in [0.5, 0.6) is 0 Å². The van der Waals surface area contributed by atoms with Crippen LogP contribution in [0.3, 0.4) is 0 Å². The van der Waals surface area contributed by atoms with E-state index in [1.165, 1.54) is 0 Å². The van der Waals surface area contributed by atoms with Gasteiger partial charge in [0.15, 0.2) is 5.96 Å². The first kappa shape index (κ1) is 24.4. The van der Waals surface area contributed by atoms with Crippen molar-refractivity contribution in [2.45, 2.75) is 26.8 Å². The van der Waals surface area contributed by atoms with Crippen molar-refractivity contribution in [3.63, 3.8) is 0 Å². The maximum atomic E-state index is 5.46. The molecule has 0 aliphatic carbocycles. The maximum Gasteiger partial charge on any atom is 0.191 e. The highest BCUT2D eigenvalue weighted by Gasteiger charge is 2.09. The van der Waals surface area contributed by atoms with Crippen LogP contribution in [-0.2, 0) is 16.0 Å². The second-order valence-corrected chi connectivity index (χ2v) is 6.28. The van der Waals surface area contributed by atoms with Crippen molar-refractivity contribution in [1.29, 1.82) is 0 Å². The normalized spacial score (nSPS) is 11.2. The zero-order chi connectivity index (χ0) is 19.5. The first-order chi connectivity index (χ1) is 13.2. The molecule has 28 heavy (non-hydrogen) atoms. The second kappa shape index (κ2) is 13.5. The molecule has 0 spiro atoms. The molecule has 2 N–H and O–H groups in total. The monoisotopic (exact) mass is 501 g/mol. The summed E-state index contributed by atoms with van der Waals surface area (Å²) in [6.45, 7) is 7.50. The van der Waals surface area contributed by atoms with Crippen molar-refractivity contribution >= 4 is 29.9 Å². The lowest BCUT2D eigenvalue weighted by molar-refractivity contribution is 0.0698. The Hall–Kier alpha value is -1.65. The van der Waals surface area contributed by atoms with Gasteiger partial charge in [0.1, 0.15) is 0 Å². The zero-order valence-corrected chi connectivity index (χ0v) is 19.5. The molecule has 0 aliphatic heterocycles. The van der Waals surface area contributed by atoms with Crippen molar-refractivity contribution in [3.05, 3.63) is 47.3 Å². The number of aliphatic imine (C=N–C) groups is 1. The van der Waals surface area contributed by atoms with E-state index in [0.717, 1.165) is 41.6 Å². The highest BCUT2D eigenvalue weighted by atomic mass is 127. The summed E-state index contributed by atoms with van der Waals surface area (Å²) in [6, 6.07) is 10.4. The first-order valence-electron chi connectivity index (χ1n) is 9.28. The molecule has 2 aromatic rings. The second-order valence-electron chi connectivity index (χ2n) is 6.28. The van der Waals surface area contributed by atoms with Crippen molar-refractivity contribution in [2.75, 3.05) is 40.5 Å². The standard InChI is InChI=1S/C20H31N5O2.HI/c1-16-14-17(2)25(24-16)19-9-6-5-8-18(19)15-23-20(21-3)22-10-7-11-27-13-12-26-4;/h5-6,8-9,14H,7,10-13,15H2,1-4H3,(H2,21,22,23);1H.